The van der Waals surface area contributed by atoms with E-state index < -0.39 is 0 Å². The fourth-order valence-electron chi connectivity index (χ4n) is 1.40. The van der Waals surface area contributed by atoms with Crippen molar-refractivity contribution in [3.63, 3.8) is 0 Å². The molecule has 1 aromatic rings. The van der Waals surface area contributed by atoms with E-state index in [1.54, 1.807) is 19.3 Å². The van der Waals surface area contributed by atoms with Crippen LogP contribution in [0, 0.1) is 11.8 Å². The Bertz CT molecular complexity index is 421. The number of rotatable bonds is 5. The van der Waals surface area contributed by atoms with Gasteiger partial charge in [-0.1, -0.05) is 20.8 Å². The van der Waals surface area contributed by atoms with Crippen LogP contribution in [-0.4, -0.2) is 24.5 Å². The third kappa shape index (κ3) is 3.98. The van der Waals surface area contributed by atoms with Gasteiger partial charge in [0.15, 0.2) is 0 Å². The van der Waals surface area contributed by atoms with E-state index in [2.05, 4.69) is 52.3 Å². The summed E-state index contributed by atoms with van der Waals surface area (Å²) in [6.07, 6.45) is 1.67. The van der Waals surface area contributed by atoms with Crippen LogP contribution in [0.4, 0.5) is 5.82 Å². The lowest BCUT2D eigenvalue weighted by Gasteiger charge is -2.16. The van der Waals surface area contributed by atoms with E-state index in [4.69, 9.17) is 0 Å². The Kier molecular flexibility index (Phi) is 5.59. The molecule has 0 bridgehead atoms. The first-order valence-electron chi connectivity index (χ1n) is 6.07. The highest BCUT2D eigenvalue weighted by atomic mass is 79.9. The molecule has 0 aliphatic heterocycles. The van der Waals surface area contributed by atoms with Gasteiger partial charge in [0.2, 0.25) is 0 Å². The van der Waals surface area contributed by atoms with E-state index >= 15 is 0 Å². The second-order valence-electron chi connectivity index (χ2n) is 4.73. The Hall–Kier alpha value is -1.10. The lowest BCUT2D eigenvalue weighted by atomic mass is 9.98. The largest absolute Gasteiger partial charge is 0.372 e. The monoisotopic (exact) mass is 313 g/mol. The number of aromatic nitrogens is 1. The van der Waals surface area contributed by atoms with Gasteiger partial charge in [-0.3, -0.25) is 4.79 Å². The standard InChI is InChI=1S/C13H20BrN3O/c1-8(2)9(3)6-17-13(18)11-5-10(14)7-16-12(11)15-4/h5,7-9H,6H2,1-4H3,(H,15,16)(H,17,18). The van der Waals surface area contributed by atoms with Crippen LogP contribution in [0.15, 0.2) is 16.7 Å². The predicted octanol–water partition coefficient (Wildman–Crippen LogP) is 2.91. The van der Waals surface area contributed by atoms with Crippen LogP contribution in [0.3, 0.4) is 0 Å². The molecule has 1 rings (SSSR count). The van der Waals surface area contributed by atoms with E-state index in [1.165, 1.54) is 0 Å². The Balaban J connectivity index is 2.75. The van der Waals surface area contributed by atoms with Crippen molar-refractivity contribution in [2.75, 3.05) is 18.9 Å². The minimum absolute atomic E-state index is 0.0966. The molecule has 1 atom stereocenters. The first-order chi connectivity index (χ1) is 8.45. The first kappa shape index (κ1) is 15.0. The topological polar surface area (TPSA) is 54.0 Å². The molecule has 0 saturated carbocycles. The van der Waals surface area contributed by atoms with Crippen LogP contribution < -0.4 is 10.6 Å². The van der Waals surface area contributed by atoms with Gasteiger partial charge in [-0.25, -0.2) is 4.98 Å². The zero-order valence-corrected chi connectivity index (χ0v) is 12.8. The maximum atomic E-state index is 12.1. The van der Waals surface area contributed by atoms with Gasteiger partial charge in [-0.05, 0) is 33.8 Å². The Morgan fingerprint density at radius 3 is 2.67 bits per heavy atom. The minimum atomic E-state index is -0.0966. The van der Waals surface area contributed by atoms with Crippen molar-refractivity contribution < 1.29 is 4.79 Å². The highest BCUT2D eigenvalue weighted by Crippen LogP contribution is 2.17. The first-order valence-corrected chi connectivity index (χ1v) is 6.86. The molecule has 0 saturated heterocycles. The summed E-state index contributed by atoms with van der Waals surface area (Å²) in [7, 11) is 1.75. The maximum Gasteiger partial charge on any atom is 0.255 e. The van der Waals surface area contributed by atoms with Gasteiger partial charge in [-0.2, -0.15) is 0 Å². The SMILES string of the molecule is CNc1ncc(Br)cc1C(=O)NCC(C)C(C)C. The van der Waals surface area contributed by atoms with E-state index in [9.17, 15) is 4.79 Å². The molecule has 0 radical (unpaired) electrons. The van der Waals surface area contributed by atoms with Gasteiger partial charge in [0.1, 0.15) is 5.82 Å². The lowest BCUT2D eigenvalue weighted by Crippen LogP contribution is -2.30. The number of halogens is 1. The van der Waals surface area contributed by atoms with Gasteiger partial charge in [0.25, 0.3) is 5.91 Å². The molecule has 1 unspecified atom stereocenters. The Morgan fingerprint density at radius 2 is 2.11 bits per heavy atom. The van der Waals surface area contributed by atoms with Crippen LogP contribution in [0.1, 0.15) is 31.1 Å². The normalized spacial score (nSPS) is 12.3. The van der Waals surface area contributed by atoms with Crippen molar-refractivity contribution in [1.82, 2.24) is 10.3 Å². The quantitative estimate of drug-likeness (QED) is 0.878. The lowest BCUT2D eigenvalue weighted by molar-refractivity contribution is 0.0945. The molecule has 0 spiro atoms. The highest BCUT2D eigenvalue weighted by Gasteiger charge is 2.14. The summed E-state index contributed by atoms with van der Waals surface area (Å²) in [6.45, 7) is 7.10. The second kappa shape index (κ2) is 6.73. The molecule has 0 aromatic carbocycles. The van der Waals surface area contributed by atoms with Crippen LogP contribution in [0.25, 0.3) is 0 Å². The maximum absolute atomic E-state index is 12.1. The number of hydrogen-bond donors (Lipinski definition) is 2. The summed E-state index contributed by atoms with van der Waals surface area (Å²) in [5.41, 5.74) is 0.558. The van der Waals surface area contributed by atoms with Crippen molar-refractivity contribution in [3.05, 3.63) is 22.3 Å². The van der Waals surface area contributed by atoms with Crippen LogP contribution in [0.2, 0.25) is 0 Å². The smallest absolute Gasteiger partial charge is 0.255 e. The van der Waals surface area contributed by atoms with Crippen LogP contribution in [0.5, 0.6) is 0 Å². The molecule has 100 valence electrons. The zero-order chi connectivity index (χ0) is 13.7. The Labute approximate surface area is 117 Å². The number of pyridine rings is 1. The van der Waals surface area contributed by atoms with Crippen molar-refractivity contribution >= 4 is 27.7 Å². The molecule has 1 aromatic heterocycles. The summed E-state index contributed by atoms with van der Waals surface area (Å²) in [5, 5.41) is 5.86. The summed E-state index contributed by atoms with van der Waals surface area (Å²) >= 11 is 3.33. The number of carbonyl (C=O) groups is 1. The number of hydrogen-bond acceptors (Lipinski definition) is 3. The Morgan fingerprint density at radius 1 is 1.44 bits per heavy atom. The van der Waals surface area contributed by atoms with E-state index in [0.29, 0.717) is 29.8 Å². The van der Waals surface area contributed by atoms with Crippen molar-refractivity contribution in [2.45, 2.75) is 20.8 Å². The molecule has 1 amide bonds. The second-order valence-corrected chi connectivity index (χ2v) is 5.65. The molecule has 4 nitrogen and oxygen atoms in total. The molecule has 18 heavy (non-hydrogen) atoms. The number of carbonyl (C=O) groups excluding carboxylic acids is 1. The van der Waals surface area contributed by atoms with Crippen molar-refractivity contribution in [3.8, 4) is 0 Å². The molecule has 0 fully saturated rings. The number of amides is 1. The molecule has 1 heterocycles. The van der Waals surface area contributed by atoms with Gasteiger partial charge < -0.3 is 10.6 Å². The fraction of sp³-hybridized carbons (Fsp3) is 0.538. The highest BCUT2D eigenvalue weighted by molar-refractivity contribution is 9.10. The average Bonchev–Trinajstić information content (AvgIpc) is 2.35. The molecule has 0 aliphatic carbocycles. The fourth-order valence-corrected chi connectivity index (χ4v) is 1.73. The summed E-state index contributed by atoms with van der Waals surface area (Å²) in [5.74, 6) is 1.50. The van der Waals surface area contributed by atoms with Crippen LogP contribution in [-0.2, 0) is 0 Å². The summed E-state index contributed by atoms with van der Waals surface area (Å²) in [6, 6.07) is 1.77. The molecular weight excluding hydrogens is 294 g/mol. The minimum Gasteiger partial charge on any atom is -0.372 e. The molecule has 2 N–H and O–H groups in total. The molecule has 0 aliphatic rings. The van der Waals surface area contributed by atoms with Crippen LogP contribution >= 0.6 is 15.9 Å². The van der Waals surface area contributed by atoms with Gasteiger partial charge in [0.05, 0.1) is 5.56 Å². The summed E-state index contributed by atoms with van der Waals surface area (Å²) < 4.78 is 0.795. The van der Waals surface area contributed by atoms with Gasteiger partial charge in [-0.15, -0.1) is 0 Å². The average molecular weight is 314 g/mol. The third-order valence-electron chi connectivity index (χ3n) is 3.06. The van der Waals surface area contributed by atoms with Gasteiger partial charge in [0, 0.05) is 24.3 Å². The van der Waals surface area contributed by atoms with E-state index in [-0.39, 0.29) is 5.91 Å². The predicted molar refractivity (Wildman–Crippen MR) is 77.8 cm³/mol. The summed E-state index contributed by atoms with van der Waals surface area (Å²) in [4.78, 5) is 16.3. The third-order valence-corrected chi connectivity index (χ3v) is 3.49. The van der Waals surface area contributed by atoms with E-state index in [1.807, 2.05) is 0 Å². The molecule has 5 heteroatoms. The van der Waals surface area contributed by atoms with Crippen molar-refractivity contribution in [1.29, 1.82) is 0 Å². The number of nitrogens with one attached hydrogen (secondary N) is 2. The molecular formula is C13H20BrN3O. The van der Waals surface area contributed by atoms with Gasteiger partial charge >= 0.3 is 0 Å². The van der Waals surface area contributed by atoms with Crippen molar-refractivity contribution in [2.24, 2.45) is 11.8 Å². The zero-order valence-electron chi connectivity index (χ0n) is 11.2. The van der Waals surface area contributed by atoms with E-state index in [0.717, 1.165) is 4.47 Å². The number of nitrogens with zero attached hydrogens (tertiary/aromatic N) is 1. The number of anilines is 1.